The fraction of sp³-hybridized carbons (Fsp3) is 0.263. The first-order valence-electron chi connectivity index (χ1n) is 7.93. The first-order chi connectivity index (χ1) is 11.6. The summed E-state index contributed by atoms with van der Waals surface area (Å²) in [6, 6.07) is 13.5. The number of nitrogens with one attached hydrogen (secondary N) is 1. The smallest absolute Gasteiger partial charge is 0.257 e. The van der Waals surface area contributed by atoms with E-state index in [0.717, 1.165) is 34.4 Å². The molecule has 0 fully saturated rings. The number of fused-ring (bicyclic) bond motifs is 1. The molecule has 5 nitrogen and oxygen atoms in total. The molecule has 5 heteroatoms. The largest absolute Gasteiger partial charge is 0.484 e. The second kappa shape index (κ2) is 7.17. The average molecular weight is 324 g/mol. The molecule has 3 rings (SSSR count). The van der Waals surface area contributed by atoms with Gasteiger partial charge in [0.15, 0.2) is 18.1 Å². The molecule has 0 radical (unpaired) electrons. The van der Waals surface area contributed by atoms with Gasteiger partial charge < -0.3 is 14.5 Å². The van der Waals surface area contributed by atoms with Gasteiger partial charge in [0.1, 0.15) is 11.3 Å². The Morgan fingerprint density at radius 3 is 2.88 bits per heavy atom. The van der Waals surface area contributed by atoms with Crippen molar-refractivity contribution in [2.45, 2.75) is 20.3 Å². The topological polar surface area (TPSA) is 64.4 Å². The molecule has 24 heavy (non-hydrogen) atoms. The van der Waals surface area contributed by atoms with Crippen molar-refractivity contribution >= 4 is 17.0 Å². The Bertz CT molecular complexity index is 855. The van der Waals surface area contributed by atoms with E-state index in [4.69, 9.17) is 9.15 Å². The third-order valence-corrected chi connectivity index (χ3v) is 3.75. The minimum absolute atomic E-state index is 0.0190. The Labute approximate surface area is 140 Å². The van der Waals surface area contributed by atoms with E-state index in [1.54, 1.807) is 0 Å². The number of ether oxygens (including phenoxy) is 1. The van der Waals surface area contributed by atoms with Gasteiger partial charge in [-0.15, -0.1) is 0 Å². The van der Waals surface area contributed by atoms with Crippen molar-refractivity contribution in [3.63, 3.8) is 0 Å². The highest BCUT2D eigenvalue weighted by atomic mass is 16.5. The van der Waals surface area contributed by atoms with Crippen LogP contribution in [-0.2, 0) is 11.2 Å². The third kappa shape index (κ3) is 3.93. The molecular weight excluding hydrogens is 304 g/mol. The van der Waals surface area contributed by atoms with E-state index in [1.807, 2.05) is 56.3 Å². The van der Waals surface area contributed by atoms with Gasteiger partial charge in [0.25, 0.3) is 5.91 Å². The number of aromatic nitrogens is 1. The van der Waals surface area contributed by atoms with Gasteiger partial charge in [-0.3, -0.25) is 4.79 Å². The number of benzene rings is 2. The van der Waals surface area contributed by atoms with Crippen molar-refractivity contribution in [1.29, 1.82) is 0 Å². The molecule has 1 aromatic heterocycles. The highest BCUT2D eigenvalue weighted by Crippen LogP contribution is 2.17. The van der Waals surface area contributed by atoms with Gasteiger partial charge in [0, 0.05) is 13.5 Å². The second-order valence-corrected chi connectivity index (χ2v) is 5.69. The number of rotatable bonds is 6. The van der Waals surface area contributed by atoms with Crippen LogP contribution in [0.5, 0.6) is 5.75 Å². The minimum Gasteiger partial charge on any atom is -0.484 e. The second-order valence-electron chi connectivity index (χ2n) is 5.69. The number of nitrogens with zero attached hydrogens (tertiary/aromatic N) is 1. The highest BCUT2D eigenvalue weighted by molar-refractivity contribution is 5.77. The fourth-order valence-corrected chi connectivity index (χ4v) is 2.50. The lowest BCUT2D eigenvalue weighted by Gasteiger charge is -2.09. The van der Waals surface area contributed by atoms with Gasteiger partial charge >= 0.3 is 0 Å². The van der Waals surface area contributed by atoms with Gasteiger partial charge in [0.05, 0.1) is 0 Å². The minimum atomic E-state index is -0.130. The maximum atomic E-state index is 11.9. The van der Waals surface area contributed by atoms with E-state index in [1.165, 1.54) is 0 Å². The van der Waals surface area contributed by atoms with Gasteiger partial charge in [-0.05, 0) is 42.7 Å². The normalized spacial score (nSPS) is 10.8. The van der Waals surface area contributed by atoms with Crippen LogP contribution in [0.4, 0.5) is 0 Å². The monoisotopic (exact) mass is 324 g/mol. The predicted octanol–water partition coefficient (Wildman–Crippen LogP) is 3.18. The molecule has 0 bridgehead atoms. The van der Waals surface area contributed by atoms with Crippen LogP contribution < -0.4 is 10.1 Å². The lowest BCUT2D eigenvalue weighted by Crippen LogP contribution is -2.30. The van der Waals surface area contributed by atoms with Crippen LogP contribution in [0.3, 0.4) is 0 Å². The van der Waals surface area contributed by atoms with Crippen molar-refractivity contribution in [3.05, 3.63) is 59.5 Å². The lowest BCUT2D eigenvalue weighted by atomic mass is 10.1. The molecule has 0 aliphatic heterocycles. The summed E-state index contributed by atoms with van der Waals surface area (Å²) in [5.41, 5.74) is 3.74. The van der Waals surface area contributed by atoms with Gasteiger partial charge in [-0.2, -0.15) is 0 Å². The summed E-state index contributed by atoms with van der Waals surface area (Å²) in [5, 5.41) is 2.86. The van der Waals surface area contributed by atoms with E-state index >= 15 is 0 Å². The van der Waals surface area contributed by atoms with Crippen molar-refractivity contribution < 1.29 is 13.9 Å². The van der Waals surface area contributed by atoms with Crippen LogP contribution >= 0.6 is 0 Å². The molecule has 0 saturated heterocycles. The zero-order valence-corrected chi connectivity index (χ0v) is 13.8. The Morgan fingerprint density at radius 1 is 1.21 bits per heavy atom. The van der Waals surface area contributed by atoms with Gasteiger partial charge in [-0.1, -0.05) is 24.3 Å². The number of hydrogen-bond acceptors (Lipinski definition) is 4. The molecule has 0 atom stereocenters. The van der Waals surface area contributed by atoms with Crippen molar-refractivity contribution in [2.75, 3.05) is 13.2 Å². The zero-order chi connectivity index (χ0) is 16.9. The molecule has 124 valence electrons. The van der Waals surface area contributed by atoms with E-state index < -0.39 is 0 Å². The first-order valence-corrected chi connectivity index (χ1v) is 7.93. The van der Waals surface area contributed by atoms with Crippen LogP contribution in [0.25, 0.3) is 11.1 Å². The third-order valence-electron chi connectivity index (χ3n) is 3.75. The molecule has 0 saturated carbocycles. The predicted molar refractivity (Wildman–Crippen MR) is 92.1 cm³/mol. The molecular formula is C19H20N2O3. The van der Waals surface area contributed by atoms with E-state index in [2.05, 4.69) is 10.3 Å². The standard InChI is InChI=1S/C19H20N2O3/c1-13-5-3-4-6-17(13)23-12-19(22)20-10-9-15-7-8-16-18(11-15)24-14(2)21-16/h3-8,11H,9-10,12H2,1-2H3,(H,20,22). The zero-order valence-electron chi connectivity index (χ0n) is 13.8. The van der Waals surface area contributed by atoms with Crippen molar-refractivity contribution in [2.24, 2.45) is 0 Å². The Kier molecular flexibility index (Phi) is 4.79. The molecule has 1 N–H and O–H groups in total. The number of hydrogen-bond donors (Lipinski definition) is 1. The number of carbonyl (C=O) groups is 1. The van der Waals surface area contributed by atoms with Crippen molar-refractivity contribution in [3.8, 4) is 5.75 Å². The molecule has 0 spiro atoms. The molecule has 2 aromatic carbocycles. The average Bonchev–Trinajstić information content (AvgIpc) is 2.93. The maximum Gasteiger partial charge on any atom is 0.257 e. The van der Waals surface area contributed by atoms with Crippen LogP contribution in [0.15, 0.2) is 46.9 Å². The SMILES string of the molecule is Cc1nc2ccc(CCNC(=O)COc3ccccc3C)cc2o1. The van der Waals surface area contributed by atoms with E-state index in [0.29, 0.717) is 12.4 Å². The number of aryl methyl sites for hydroxylation is 2. The Balaban J connectivity index is 1.46. The molecule has 0 aliphatic carbocycles. The molecule has 0 aliphatic rings. The number of oxazole rings is 1. The quantitative estimate of drug-likeness (QED) is 0.756. The van der Waals surface area contributed by atoms with Crippen LogP contribution in [-0.4, -0.2) is 24.0 Å². The molecule has 3 aromatic rings. The summed E-state index contributed by atoms with van der Waals surface area (Å²) >= 11 is 0. The summed E-state index contributed by atoms with van der Waals surface area (Å²) in [5.74, 6) is 1.26. The summed E-state index contributed by atoms with van der Waals surface area (Å²) in [6.45, 7) is 4.35. The van der Waals surface area contributed by atoms with Crippen LogP contribution in [0.1, 0.15) is 17.0 Å². The highest BCUT2D eigenvalue weighted by Gasteiger charge is 2.06. The summed E-state index contributed by atoms with van der Waals surface area (Å²) in [4.78, 5) is 16.1. The Hall–Kier alpha value is -2.82. The van der Waals surface area contributed by atoms with Crippen LogP contribution in [0, 0.1) is 13.8 Å². The fourth-order valence-electron chi connectivity index (χ4n) is 2.50. The van der Waals surface area contributed by atoms with E-state index in [-0.39, 0.29) is 12.5 Å². The molecule has 1 heterocycles. The van der Waals surface area contributed by atoms with E-state index in [9.17, 15) is 4.79 Å². The number of amides is 1. The summed E-state index contributed by atoms with van der Waals surface area (Å²) < 4.78 is 11.0. The summed E-state index contributed by atoms with van der Waals surface area (Å²) in [7, 11) is 0. The van der Waals surface area contributed by atoms with Crippen molar-refractivity contribution in [1.82, 2.24) is 10.3 Å². The van der Waals surface area contributed by atoms with Crippen LogP contribution in [0.2, 0.25) is 0 Å². The summed E-state index contributed by atoms with van der Waals surface area (Å²) in [6.07, 6.45) is 0.728. The first kappa shape index (κ1) is 16.1. The molecule has 0 unspecified atom stereocenters. The van der Waals surface area contributed by atoms with Gasteiger partial charge in [0.2, 0.25) is 0 Å². The number of para-hydroxylation sites is 1. The Morgan fingerprint density at radius 2 is 2.04 bits per heavy atom. The molecule has 1 amide bonds. The maximum absolute atomic E-state index is 11.9. The lowest BCUT2D eigenvalue weighted by molar-refractivity contribution is -0.123. The number of carbonyl (C=O) groups excluding carboxylic acids is 1. The van der Waals surface area contributed by atoms with Gasteiger partial charge in [-0.25, -0.2) is 4.98 Å².